The van der Waals surface area contributed by atoms with E-state index < -0.39 is 0 Å². The van der Waals surface area contributed by atoms with Crippen LogP contribution >= 0.6 is 0 Å². The number of fused-ring (bicyclic) bond motifs is 1. The Morgan fingerprint density at radius 3 is 2.52 bits per heavy atom. The van der Waals surface area contributed by atoms with Gasteiger partial charge in [0.15, 0.2) is 0 Å². The van der Waals surface area contributed by atoms with Gasteiger partial charge in [0.1, 0.15) is 5.75 Å². The average Bonchev–Trinajstić information content (AvgIpc) is 2.49. The summed E-state index contributed by atoms with van der Waals surface area (Å²) in [5, 5.41) is 14.3. The molecule has 0 aliphatic carbocycles. The molecule has 4 heteroatoms. The van der Waals surface area contributed by atoms with E-state index in [1.165, 1.54) is 0 Å². The Morgan fingerprint density at radius 1 is 1.00 bits per heavy atom. The average molecular weight is 278 g/mol. The van der Waals surface area contributed by atoms with E-state index in [1.54, 1.807) is 48.5 Å². The van der Waals surface area contributed by atoms with Crippen LogP contribution in [0.1, 0.15) is 10.4 Å². The summed E-state index contributed by atoms with van der Waals surface area (Å²) >= 11 is 0. The monoisotopic (exact) mass is 278 g/mol. The van der Waals surface area contributed by atoms with Crippen LogP contribution in [0.25, 0.3) is 10.8 Å². The van der Waals surface area contributed by atoms with Crippen LogP contribution in [0.3, 0.4) is 0 Å². The van der Waals surface area contributed by atoms with Crippen molar-refractivity contribution in [2.45, 2.75) is 0 Å². The van der Waals surface area contributed by atoms with Crippen LogP contribution in [0, 0.1) is 0 Å². The Balaban J connectivity index is 1.89. The third kappa shape index (κ3) is 2.65. The Kier molecular flexibility index (Phi) is 3.20. The highest BCUT2D eigenvalue weighted by Crippen LogP contribution is 2.27. The number of carbonyl (C=O) groups is 1. The minimum atomic E-state index is -0.218. The highest BCUT2D eigenvalue weighted by atomic mass is 16.3. The molecule has 0 aliphatic rings. The van der Waals surface area contributed by atoms with Crippen molar-refractivity contribution < 1.29 is 9.90 Å². The van der Waals surface area contributed by atoms with Gasteiger partial charge in [-0.2, -0.15) is 0 Å². The molecular formula is C17H14N2O2. The lowest BCUT2D eigenvalue weighted by molar-refractivity contribution is 0.102. The zero-order valence-corrected chi connectivity index (χ0v) is 11.2. The highest BCUT2D eigenvalue weighted by molar-refractivity contribution is 6.05. The van der Waals surface area contributed by atoms with E-state index in [-0.39, 0.29) is 11.7 Å². The standard InChI is InChI=1S/C17H14N2O2/c18-13-7-4-12(5-8-13)17(21)19-14-9-6-11-2-1-3-16(20)15(11)10-14/h1-10,20H,18H2,(H,19,21). The molecule has 0 spiro atoms. The zero-order valence-electron chi connectivity index (χ0n) is 11.2. The summed E-state index contributed by atoms with van der Waals surface area (Å²) < 4.78 is 0. The first-order chi connectivity index (χ1) is 10.1. The summed E-state index contributed by atoms with van der Waals surface area (Å²) in [6.07, 6.45) is 0. The van der Waals surface area contributed by atoms with Gasteiger partial charge < -0.3 is 16.2 Å². The molecule has 3 aromatic carbocycles. The molecule has 4 nitrogen and oxygen atoms in total. The third-order valence-corrected chi connectivity index (χ3v) is 3.29. The molecule has 4 N–H and O–H groups in total. The van der Waals surface area contributed by atoms with Gasteiger partial charge in [0.2, 0.25) is 0 Å². The number of nitrogens with one attached hydrogen (secondary N) is 1. The van der Waals surface area contributed by atoms with E-state index >= 15 is 0 Å². The van der Waals surface area contributed by atoms with Crippen LogP contribution < -0.4 is 11.1 Å². The summed E-state index contributed by atoms with van der Waals surface area (Å²) in [6, 6.07) is 17.4. The van der Waals surface area contributed by atoms with Gasteiger partial charge in [-0.1, -0.05) is 18.2 Å². The largest absolute Gasteiger partial charge is 0.507 e. The van der Waals surface area contributed by atoms with Crippen LogP contribution in [0.4, 0.5) is 11.4 Å². The maximum Gasteiger partial charge on any atom is 0.255 e. The van der Waals surface area contributed by atoms with E-state index in [2.05, 4.69) is 5.32 Å². The number of anilines is 2. The zero-order chi connectivity index (χ0) is 14.8. The van der Waals surface area contributed by atoms with Gasteiger partial charge in [-0.25, -0.2) is 0 Å². The predicted molar refractivity (Wildman–Crippen MR) is 84.4 cm³/mol. The molecule has 0 bridgehead atoms. The van der Waals surface area contributed by atoms with E-state index in [9.17, 15) is 9.90 Å². The summed E-state index contributed by atoms with van der Waals surface area (Å²) in [7, 11) is 0. The van der Waals surface area contributed by atoms with Gasteiger partial charge in [0.25, 0.3) is 5.91 Å². The van der Waals surface area contributed by atoms with Crippen molar-refractivity contribution in [1.29, 1.82) is 0 Å². The number of rotatable bonds is 2. The summed E-state index contributed by atoms with van der Waals surface area (Å²) in [4.78, 5) is 12.1. The number of benzene rings is 3. The molecule has 1 amide bonds. The third-order valence-electron chi connectivity index (χ3n) is 3.29. The van der Waals surface area contributed by atoms with Crippen molar-refractivity contribution in [2.75, 3.05) is 11.1 Å². The van der Waals surface area contributed by atoms with Gasteiger partial charge in [0, 0.05) is 22.3 Å². The maximum absolute atomic E-state index is 12.1. The second kappa shape index (κ2) is 5.17. The molecule has 104 valence electrons. The molecule has 0 saturated heterocycles. The lowest BCUT2D eigenvalue weighted by atomic mass is 10.1. The van der Waals surface area contributed by atoms with Gasteiger partial charge in [-0.15, -0.1) is 0 Å². The molecule has 0 atom stereocenters. The Bertz CT molecular complexity index is 811. The number of phenols is 1. The van der Waals surface area contributed by atoms with Crippen molar-refractivity contribution in [3.8, 4) is 5.75 Å². The molecule has 0 aromatic heterocycles. The van der Waals surface area contributed by atoms with E-state index in [4.69, 9.17) is 5.73 Å². The smallest absolute Gasteiger partial charge is 0.255 e. The van der Waals surface area contributed by atoms with Gasteiger partial charge in [-0.3, -0.25) is 4.79 Å². The number of hydrogen-bond donors (Lipinski definition) is 3. The van der Waals surface area contributed by atoms with Gasteiger partial charge in [0.05, 0.1) is 0 Å². The summed E-state index contributed by atoms with van der Waals surface area (Å²) in [5.74, 6) is -0.0270. The molecule has 0 fully saturated rings. The molecule has 3 rings (SSSR count). The topological polar surface area (TPSA) is 75.4 Å². The van der Waals surface area contributed by atoms with Gasteiger partial charge >= 0.3 is 0 Å². The van der Waals surface area contributed by atoms with Crippen molar-refractivity contribution in [3.05, 3.63) is 66.2 Å². The fourth-order valence-corrected chi connectivity index (χ4v) is 2.17. The Hall–Kier alpha value is -3.01. The van der Waals surface area contributed by atoms with E-state index in [1.807, 2.05) is 12.1 Å². The SMILES string of the molecule is Nc1ccc(C(=O)Nc2ccc3cccc(O)c3c2)cc1. The van der Waals surface area contributed by atoms with E-state index in [0.717, 1.165) is 5.39 Å². The second-order valence-corrected chi connectivity index (χ2v) is 4.79. The molecule has 0 heterocycles. The number of hydrogen-bond acceptors (Lipinski definition) is 3. The molecule has 0 saturated carbocycles. The first-order valence-corrected chi connectivity index (χ1v) is 6.52. The molecular weight excluding hydrogens is 264 g/mol. The van der Waals surface area contributed by atoms with Crippen LogP contribution in [0.5, 0.6) is 5.75 Å². The number of phenolic OH excluding ortho intramolecular Hbond substituents is 1. The van der Waals surface area contributed by atoms with Crippen molar-refractivity contribution in [2.24, 2.45) is 0 Å². The predicted octanol–water partition coefficient (Wildman–Crippen LogP) is 3.38. The molecule has 3 aromatic rings. The lowest BCUT2D eigenvalue weighted by Crippen LogP contribution is -2.11. The number of nitrogen functional groups attached to an aromatic ring is 1. The van der Waals surface area contributed by atoms with Gasteiger partial charge in [-0.05, 0) is 47.9 Å². The second-order valence-electron chi connectivity index (χ2n) is 4.79. The number of amides is 1. The van der Waals surface area contributed by atoms with Crippen molar-refractivity contribution in [1.82, 2.24) is 0 Å². The van der Waals surface area contributed by atoms with Crippen molar-refractivity contribution >= 4 is 28.1 Å². The van der Waals surface area contributed by atoms with Crippen LogP contribution in [0.15, 0.2) is 60.7 Å². The molecule has 21 heavy (non-hydrogen) atoms. The van der Waals surface area contributed by atoms with Crippen molar-refractivity contribution in [3.63, 3.8) is 0 Å². The van der Waals surface area contributed by atoms with E-state index in [0.29, 0.717) is 22.3 Å². The maximum atomic E-state index is 12.1. The Morgan fingerprint density at radius 2 is 1.76 bits per heavy atom. The van der Waals surface area contributed by atoms with Crippen LogP contribution in [-0.4, -0.2) is 11.0 Å². The Labute approximate surface area is 121 Å². The normalized spacial score (nSPS) is 10.5. The molecule has 0 radical (unpaired) electrons. The fraction of sp³-hybridized carbons (Fsp3) is 0. The minimum absolute atomic E-state index is 0.191. The quantitative estimate of drug-likeness (QED) is 0.629. The molecule has 0 unspecified atom stereocenters. The number of aromatic hydroxyl groups is 1. The summed E-state index contributed by atoms with van der Waals surface area (Å²) in [5.41, 5.74) is 7.37. The minimum Gasteiger partial charge on any atom is -0.507 e. The summed E-state index contributed by atoms with van der Waals surface area (Å²) in [6.45, 7) is 0. The first kappa shape index (κ1) is 13.0. The first-order valence-electron chi connectivity index (χ1n) is 6.52. The molecule has 0 aliphatic heterocycles. The van der Waals surface area contributed by atoms with Crippen LogP contribution in [-0.2, 0) is 0 Å². The lowest BCUT2D eigenvalue weighted by Gasteiger charge is -2.08. The fourth-order valence-electron chi connectivity index (χ4n) is 2.17. The number of nitrogens with two attached hydrogens (primary N) is 1. The number of carbonyl (C=O) groups excluding carboxylic acids is 1. The van der Waals surface area contributed by atoms with Crippen LogP contribution in [0.2, 0.25) is 0 Å². The highest BCUT2D eigenvalue weighted by Gasteiger charge is 2.07.